The quantitative estimate of drug-likeness (QED) is 0.872. The van der Waals surface area contributed by atoms with Gasteiger partial charge in [-0.1, -0.05) is 25.1 Å². The number of ether oxygens (including phenoxy) is 1. The van der Waals surface area contributed by atoms with Crippen LogP contribution in [0.2, 0.25) is 0 Å². The van der Waals surface area contributed by atoms with Crippen LogP contribution in [0, 0.1) is 0 Å². The lowest BCUT2D eigenvalue weighted by Crippen LogP contribution is -2.38. The van der Waals surface area contributed by atoms with Crippen molar-refractivity contribution in [1.82, 2.24) is 9.88 Å². The van der Waals surface area contributed by atoms with Crippen molar-refractivity contribution in [2.45, 2.75) is 32.4 Å². The van der Waals surface area contributed by atoms with Crippen LogP contribution in [0.25, 0.3) is 0 Å². The molecule has 0 aliphatic carbocycles. The van der Waals surface area contributed by atoms with Gasteiger partial charge in [0.15, 0.2) is 6.10 Å². The maximum atomic E-state index is 12.5. The van der Waals surface area contributed by atoms with Gasteiger partial charge in [-0.25, -0.2) is 4.98 Å². The van der Waals surface area contributed by atoms with E-state index < -0.39 is 6.10 Å². The zero-order valence-corrected chi connectivity index (χ0v) is 13.0. The van der Waals surface area contributed by atoms with E-state index in [9.17, 15) is 4.79 Å². The van der Waals surface area contributed by atoms with Crippen molar-refractivity contribution in [2.75, 3.05) is 7.05 Å². The highest BCUT2D eigenvalue weighted by atomic mass is 32.1. The third kappa shape index (κ3) is 2.93. The number of para-hydroxylation sites is 1. The highest BCUT2D eigenvalue weighted by Crippen LogP contribution is 2.29. The Labute approximate surface area is 128 Å². The number of aromatic nitrogens is 1. The number of amides is 1. The number of rotatable bonds is 4. The molecule has 0 saturated carbocycles. The molecule has 0 radical (unpaired) electrons. The maximum Gasteiger partial charge on any atom is 0.264 e. The SMILES string of the molecule is CCc1cnc(CN(C)C(=O)C2Cc3ccccc3O2)s1. The number of aryl methyl sites for hydroxylation is 1. The zero-order chi connectivity index (χ0) is 14.8. The third-order valence-corrected chi connectivity index (χ3v) is 4.75. The van der Waals surface area contributed by atoms with E-state index in [0.29, 0.717) is 13.0 Å². The summed E-state index contributed by atoms with van der Waals surface area (Å²) >= 11 is 1.66. The summed E-state index contributed by atoms with van der Waals surface area (Å²) in [6.45, 7) is 2.65. The summed E-state index contributed by atoms with van der Waals surface area (Å²) in [7, 11) is 1.81. The minimum atomic E-state index is -0.405. The molecule has 0 saturated heterocycles. The smallest absolute Gasteiger partial charge is 0.264 e. The Hall–Kier alpha value is -1.88. The van der Waals surface area contributed by atoms with Crippen LogP contribution in [0.15, 0.2) is 30.5 Å². The second-order valence-corrected chi connectivity index (χ2v) is 6.39. The van der Waals surface area contributed by atoms with Crippen molar-refractivity contribution in [2.24, 2.45) is 0 Å². The predicted molar refractivity (Wildman–Crippen MR) is 82.5 cm³/mol. The Balaban J connectivity index is 1.63. The number of hydrogen-bond donors (Lipinski definition) is 0. The standard InChI is InChI=1S/C16H18N2O2S/c1-3-12-9-17-15(21-12)10-18(2)16(19)14-8-11-6-4-5-7-13(11)20-14/h4-7,9,14H,3,8,10H2,1-2H3. The first kappa shape index (κ1) is 14.1. The monoisotopic (exact) mass is 302 g/mol. The molecule has 3 rings (SSSR count). The van der Waals surface area contributed by atoms with E-state index in [1.54, 1.807) is 16.2 Å². The van der Waals surface area contributed by atoms with Crippen molar-refractivity contribution in [3.63, 3.8) is 0 Å². The number of nitrogens with zero attached hydrogens (tertiary/aromatic N) is 2. The van der Waals surface area contributed by atoms with Gasteiger partial charge in [-0.2, -0.15) is 0 Å². The Morgan fingerprint density at radius 2 is 2.29 bits per heavy atom. The van der Waals surface area contributed by atoms with Gasteiger partial charge >= 0.3 is 0 Å². The predicted octanol–water partition coefficient (Wildman–Crippen LogP) is 2.67. The van der Waals surface area contributed by atoms with Crippen LogP contribution in [-0.4, -0.2) is 28.9 Å². The lowest BCUT2D eigenvalue weighted by Gasteiger charge is -2.19. The van der Waals surface area contributed by atoms with Crippen LogP contribution >= 0.6 is 11.3 Å². The second kappa shape index (κ2) is 5.85. The van der Waals surface area contributed by atoms with Gasteiger partial charge in [-0.15, -0.1) is 11.3 Å². The summed E-state index contributed by atoms with van der Waals surface area (Å²) in [5.74, 6) is 0.839. The summed E-state index contributed by atoms with van der Waals surface area (Å²) < 4.78 is 5.75. The number of thiazole rings is 1. The van der Waals surface area contributed by atoms with Crippen LogP contribution in [0.1, 0.15) is 22.4 Å². The van der Waals surface area contributed by atoms with Gasteiger partial charge in [0.05, 0.1) is 6.54 Å². The molecule has 4 nitrogen and oxygen atoms in total. The Morgan fingerprint density at radius 1 is 1.48 bits per heavy atom. The van der Waals surface area contributed by atoms with E-state index in [1.165, 1.54) is 4.88 Å². The van der Waals surface area contributed by atoms with Crippen LogP contribution < -0.4 is 4.74 Å². The summed E-state index contributed by atoms with van der Waals surface area (Å²) in [6, 6.07) is 7.83. The molecule has 1 unspecified atom stereocenters. The highest BCUT2D eigenvalue weighted by Gasteiger charge is 2.31. The van der Waals surface area contributed by atoms with E-state index in [4.69, 9.17) is 4.74 Å². The molecule has 0 fully saturated rings. The van der Waals surface area contributed by atoms with Crippen molar-refractivity contribution in [3.8, 4) is 5.75 Å². The third-order valence-electron chi connectivity index (χ3n) is 3.62. The van der Waals surface area contributed by atoms with Crippen LogP contribution in [0.5, 0.6) is 5.75 Å². The molecule has 2 heterocycles. The Kier molecular flexibility index (Phi) is 3.92. The van der Waals surface area contributed by atoms with E-state index in [-0.39, 0.29) is 5.91 Å². The topological polar surface area (TPSA) is 42.4 Å². The van der Waals surface area contributed by atoms with Gasteiger partial charge in [0.2, 0.25) is 0 Å². The maximum absolute atomic E-state index is 12.5. The van der Waals surface area contributed by atoms with Crippen molar-refractivity contribution >= 4 is 17.2 Å². The molecule has 1 aromatic heterocycles. The van der Waals surface area contributed by atoms with Crippen molar-refractivity contribution in [3.05, 3.63) is 45.9 Å². The van der Waals surface area contributed by atoms with Crippen LogP contribution in [-0.2, 0) is 24.2 Å². The number of benzene rings is 1. The molecular formula is C16H18N2O2S. The second-order valence-electron chi connectivity index (χ2n) is 5.19. The minimum Gasteiger partial charge on any atom is -0.480 e. The first-order valence-electron chi connectivity index (χ1n) is 7.10. The van der Waals surface area contributed by atoms with Gasteiger partial charge in [-0.05, 0) is 18.1 Å². The first-order valence-corrected chi connectivity index (χ1v) is 7.92. The highest BCUT2D eigenvalue weighted by molar-refractivity contribution is 7.11. The van der Waals surface area contributed by atoms with Gasteiger partial charge in [-0.3, -0.25) is 4.79 Å². The van der Waals surface area contributed by atoms with E-state index in [2.05, 4.69) is 11.9 Å². The fourth-order valence-electron chi connectivity index (χ4n) is 2.43. The average Bonchev–Trinajstić information content (AvgIpc) is 3.12. The first-order chi connectivity index (χ1) is 10.2. The van der Waals surface area contributed by atoms with Crippen molar-refractivity contribution < 1.29 is 9.53 Å². The number of likely N-dealkylation sites (N-methyl/N-ethyl adjacent to an activating group) is 1. The molecule has 2 aromatic rings. The number of fused-ring (bicyclic) bond motifs is 1. The van der Waals surface area contributed by atoms with Crippen LogP contribution in [0.3, 0.4) is 0 Å². The van der Waals surface area contributed by atoms with E-state index in [1.807, 2.05) is 37.5 Å². The van der Waals surface area contributed by atoms with Crippen molar-refractivity contribution in [1.29, 1.82) is 0 Å². The molecule has 0 N–H and O–H groups in total. The number of carbonyl (C=O) groups excluding carboxylic acids is 1. The largest absolute Gasteiger partial charge is 0.480 e. The molecule has 1 atom stereocenters. The summed E-state index contributed by atoms with van der Waals surface area (Å²) in [4.78, 5) is 19.8. The van der Waals surface area contributed by atoms with Gasteiger partial charge in [0.1, 0.15) is 10.8 Å². The van der Waals surface area contributed by atoms with Gasteiger partial charge < -0.3 is 9.64 Å². The molecular weight excluding hydrogens is 284 g/mol. The Morgan fingerprint density at radius 3 is 3.00 bits per heavy atom. The van der Waals surface area contributed by atoms with Gasteiger partial charge in [0.25, 0.3) is 5.91 Å². The number of hydrogen-bond acceptors (Lipinski definition) is 4. The molecule has 5 heteroatoms. The normalized spacial score (nSPS) is 16.4. The lowest BCUT2D eigenvalue weighted by molar-refractivity contribution is -0.137. The molecule has 21 heavy (non-hydrogen) atoms. The molecule has 1 amide bonds. The summed E-state index contributed by atoms with van der Waals surface area (Å²) in [5.41, 5.74) is 1.10. The average molecular weight is 302 g/mol. The number of carbonyl (C=O) groups is 1. The van der Waals surface area contributed by atoms with E-state index >= 15 is 0 Å². The Bertz CT molecular complexity index is 628. The van der Waals surface area contributed by atoms with E-state index in [0.717, 1.165) is 22.7 Å². The lowest BCUT2D eigenvalue weighted by atomic mass is 10.1. The minimum absolute atomic E-state index is 0.0134. The molecule has 1 aliphatic rings. The molecule has 110 valence electrons. The molecule has 0 bridgehead atoms. The summed E-state index contributed by atoms with van der Waals surface area (Å²) in [5, 5.41) is 0.971. The molecule has 1 aromatic carbocycles. The fraction of sp³-hybridized carbons (Fsp3) is 0.375. The molecule has 0 spiro atoms. The summed E-state index contributed by atoms with van der Waals surface area (Å²) in [6.07, 6.45) is 3.12. The van der Waals surface area contributed by atoms with Crippen LogP contribution in [0.4, 0.5) is 0 Å². The molecule has 1 aliphatic heterocycles. The van der Waals surface area contributed by atoms with Gasteiger partial charge in [0, 0.05) is 24.5 Å². The zero-order valence-electron chi connectivity index (χ0n) is 12.2. The fourth-order valence-corrected chi connectivity index (χ4v) is 3.35.